The fourth-order valence-corrected chi connectivity index (χ4v) is 2.58. The molecule has 1 heterocycles. The van der Waals surface area contributed by atoms with E-state index >= 15 is 0 Å². The minimum atomic E-state index is 0.000627. The number of amides is 1. The zero-order chi connectivity index (χ0) is 15.8. The van der Waals surface area contributed by atoms with E-state index < -0.39 is 0 Å². The Morgan fingerprint density at radius 3 is 2.45 bits per heavy atom. The van der Waals surface area contributed by atoms with Crippen LogP contribution in [-0.2, 0) is 16.0 Å². The van der Waals surface area contributed by atoms with Crippen LogP contribution in [0.15, 0.2) is 24.3 Å². The van der Waals surface area contributed by atoms with E-state index in [1.165, 1.54) is 0 Å². The quantitative estimate of drug-likeness (QED) is 0.672. The third-order valence-electron chi connectivity index (χ3n) is 3.84. The van der Waals surface area contributed by atoms with Gasteiger partial charge in [-0.15, -0.1) is 0 Å². The zero-order valence-corrected chi connectivity index (χ0v) is 12.8. The van der Waals surface area contributed by atoms with Gasteiger partial charge in [-0.2, -0.15) is 0 Å². The Hall–Kier alpha value is -1.92. The number of carbonyl (C=O) groups excluding carboxylic acids is 2. The van der Waals surface area contributed by atoms with E-state index in [4.69, 9.17) is 5.73 Å². The van der Waals surface area contributed by atoms with Gasteiger partial charge in [-0.05, 0) is 17.7 Å². The molecule has 0 aliphatic carbocycles. The van der Waals surface area contributed by atoms with Crippen LogP contribution in [0.4, 0.5) is 5.69 Å². The number of carbonyl (C=O) groups is 2. The Balaban J connectivity index is 1.84. The average molecular weight is 304 g/mol. The number of nitrogens with one attached hydrogen (secondary N) is 1. The van der Waals surface area contributed by atoms with E-state index in [0.717, 1.165) is 43.7 Å². The molecule has 1 aliphatic heterocycles. The number of rotatable bonds is 7. The van der Waals surface area contributed by atoms with Crippen LogP contribution in [0.5, 0.6) is 0 Å². The third kappa shape index (κ3) is 4.82. The number of nitrogens with two attached hydrogens (primary N) is 1. The van der Waals surface area contributed by atoms with Gasteiger partial charge < -0.3 is 20.7 Å². The van der Waals surface area contributed by atoms with Crippen molar-refractivity contribution in [3.05, 3.63) is 29.8 Å². The maximum Gasteiger partial charge on any atom is 0.224 e. The highest BCUT2D eigenvalue weighted by molar-refractivity contribution is 5.78. The van der Waals surface area contributed by atoms with E-state index in [1.807, 2.05) is 12.1 Å². The SMILES string of the molecule is NCCNC(=O)Cc1ccc(N2CCN(CC=O)CC2)cc1. The first-order chi connectivity index (χ1) is 10.7. The summed E-state index contributed by atoms with van der Waals surface area (Å²) in [4.78, 5) is 26.6. The lowest BCUT2D eigenvalue weighted by Gasteiger charge is -2.35. The van der Waals surface area contributed by atoms with Gasteiger partial charge in [-0.25, -0.2) is 0 Å². The molecule has 1 aromatic rings. The highest BCUT2D eigenvalue weighted by Gasteiger charge is 2.16. The Labute approximate surface area is 131 Å². The molecule has 1 amide bonds. The topological polar surface area (TPSA) is 78.7 Å². The van der Waals surface area contributed by atoms with Gasteiger partial charge in [0.1, 0.15) is 6.29 Å². The summed E-state index contributed by atoms with van der Waals surface area (Å²) in [6, 6.07) is 8.10. The molecule has 1 aromatic carbocycles. The van der Waals surface area contributed by atoms with Crippen molar-refractivity contribution in [1.29, 1.82) is 0 Å². The smallest absolute Gasteiger partial charge is 0.224 e. The fraction of sp³-hybridized carbons (Fsp3) is 0.500. The molecule has 3 N–H and O–H groups in total. The monoisotopic (exact) mass is 304 g/mol. The lowest BCUT2D eigenvalue weighted by Crippen LogP contribution is -2.46. The second kappa shape index (κ2) is 8.51. The van der Waals surface area contributed by atoms with Crippen molar-refractivity contribution in [1.82, 2.24) is 10.2 Å². The van der Waals surface area contributed by atoms with Gasteiger partial charge in [0, 0.05) is 45.0 Å². The normalized spacial score (nSPS) is 15.6. The fourth-order valence-electron chi connectivity index (χ4n) is 2.58. The molecular formula is C16H24N4O2. The van der Waals surface area contributed by atoms with Crippen LogP contribution in [0.3, 0.4) is 0 Å². The van der Waals surface area contributed by atoms with Crippen LogP contribution in [-0.4, -0.2) is 62.9 Å². The Kier molecular flexibility index (Phi) is 6.36. The minimum Gasteiger partial charge on any atom is -0.369 e. The molecule has 22 heavy (non-hydrogen) atoms. The molecule has 0 bridgehead atoms. The van der Waals surface area contributed by atoms with Gasteiger partial charge >= 0.3 is 0 Å². The van der Waals surface area contributed by atoms with Crippen molar-refractivity contribution in [2.75, 3.05) is 50.7 Å². The third-order valence-corrected chi connectivity index (χ3v) is 3.84. The first-order valence-corrected chi connectivity index (χ1v) is 7.69. The molecule has 6 heteroatoms. The van der Waals surface area contributed by atoms with E-state index in [0.29, 0.717) is 26.1 Å². The zero-order valence-electron chi connectivity index (χ0n) is 12.8. The average Bonchev–Trinajstić information content (AvgIpc) is 2.55. The summed E-state index contributed by atoms with van der Waals surface area (Å²) in [5.41, 5.74) is 7.52. The van der Waals surface area contributed by atoms with Crippen molar-refractivity contribution in [2.45, 2.75) is 6.42 Å². The first-order valence-electron chi connectivity index (χ1n) is 7.69. The molecule has 1 aliphatic rings. The molecule has 0 saturated carbocycles. The first kappa shape index (κ1) is 16.5. The highest BCUT2D eigenvalue weighted by Crippen LogP contribution is 2.17. The molecule has 0 atom stereocenters. The van der Waals surface area contributed by atoms with Gasteiger partial charge in [-0.3, -0.25) is 9.69 Å². The number of aldehydes is 1. The molecule has 6 nitrogen and oxygen atoms in total. The lowest BCUT2D eigenvalue weighted by molar-refractivity contribution is -0.120. The summed E-state index contributed by atoms with van der Waals surface area (Å²) < 4.78 is 0. The minimum absolute atomic E-state index is 0.000627. The standard InChI is InChI=1S/C16H24N4O2/c17-5-6-18-16(22)13-14-1-3-15(4-2-14)20-9-7-19(8-10-20)11-12-21/h1-4,12H,5-11,13,17H2,(H,18,22). The summed E-state index contributed by atoms with van der Waals surface area (Å²) in [6.45, 7) is 5.14. The van der Waals surface area contributed by atoms with Crippen molar-refractivity contribution >= 4 is 17.9 Å². The number of hydrogen-bond acceptors (Lipinski definition) is 5. The van der Waals surface area contributed by atoms with E-state index in [-0.39, 0.29) is 5.91 Å². The van der Waals surface area contributed by atoms with Gasteiger partial charge in [0.25, 0.3) is 0 Å². The van der Waals surface area contributed by atoms with Gasteiger partial charge in [-0.1, -0.05) is 12.1 Å². The van der Waals surface area contributed by atoms with Gasteiger partial charge in [0.15, 0.2) is 0 Å². The molecule has 0 aromatic heterocycles. The van der Waals surface area contributed by atoms with Crippen molar-refractivity contribution in [2.24, 2.45) is 5.73 Å². The van der Waals surface area contributed by atoms with E-state index in [1.54, 1.807) is 0 Å². The van der Waals surface area contributed by atoms with Gasteiger partial charge in [0.2, 0.25) is 5.91 Å². The van der Waals surface area contributed by atoms with Crippen LogP contribution < -0.4 is 16.0 Å². The number of benzene rings is 1. The number of hydrogen-bond donors (Lipinski definition) is 2. The maximum atomic E-state index is 11.6. The van der Waals surface area contributed by atoms with E-state index in [2.05, 4.69) is 27.2 Å². The Morgan fingerprint density at radius 2 is 1.86 bits per heavy atom. The predicted molar refractivity (Wildman–Crippen MR) is 86.9 cm³/mol. The summed E-state index contributed by atoms with van der Waals surface area (Å²) in [6.07, 6.45) is 1.34. The summed E-state index contributed by atoms with van der Waals surface area (Å²) in [5, 5.41) is 2.77. The lowest BCUT2D eigenvalue weighted by atomic mass is 10.1. The largest absolute Gasteiger partial charge is 0.369 e. The van der Waals surface area contributed by atoms with Crippen LogP contribution >= 0.6 is 0 Å². The Bertz CT molecular complexity index is 481. The Morgan fingerprint density at radius 1 is 1.18 bits per heavy atom. The molecule has 0 spiro atoms. The number of anilines is 1. The molecule has 2 rings (SSSR count). The maximum absolute atomic E-state index is 11.6. The van der Waals surface area contributed by atoms with Crippen molar-refractivity contribution in [3.8, 4) is 0 Å². The predicted octanol–water partition coefficient (Wildman–Crippen LogP) is -0.375. The van der Waals surface area contributed by atoms with Crippen LogP contribution in [0.25, 0.3) is 0 Å². The summed E-state index contributed by atoms with van der Waals surface area (Å²) >= 11 is 0. The second-order valence-electron chi connectivity index (χ2n) is 5.44. The van der Waals surface area contributed by atoms with Crippen LogP contribution in [0, 0.1) is 0 Å². The number of piperazine rings is 1. The van der Waals surface area contributed by atoms with Gasteiger partial charge in [0.05, 0.1) is 13.0 Å². The molecular weight excluding hydrogens is 280 g/mol. The molecule has 0 unspecified atom stereocenters. The van der Waals surface area contributed by atoms with Crippen LogP contribution in [0.2, 0.25) is 0 Å². The number of nitrogens with zero attached hydrogens (tertiary/aromatic N) is 2. The molecule has 0 radical (unpaired) electrons. The summed E-state index contributed by atoms with van der Waals surface area (Å²) in [5.74, 6) is 0.000627. The molecule has 1 fully saturated rings. The van der Waals surface area contributed by atoms with Crippen molar-refractivity contribution < 1.29 is 9.59 Å². The summed E-state index contributed by atoms with van der Waals surface area (Å²) in [7, 11) is 0. The molecule has 120 valence electrons. The van der Waals surface area contributed by atoms with Crippen molar-refractivity contribution in [3.63, 3.8) is 0 Å². The molecule has 1 saturated heterocycles. The second-order valence-corrected chi connectivity index (χ2v) is 5.44. The van der Waals surface area contributed by atoms with E-state index in [9.17, 15) is 9.59 Å². The van der Waals surface area contributed by atoms with Crippen LogP contribution in [0.1, 0.15) is 5.56 Å². The highest BCUT2D eigenvalue weighted by atomic mass is 16.1.